The SMILES string of the molecule is CC1CN(C(=O)c2ccnc(-c3ccc(F)cc3)c2)Cc2cnc(C(C)(O)C(F)(F)F)n21.Cl. The summed E-state index contributed by atoms with van der Waals surface area (Å²) in [7, 11) is 0. The van der Waals surface area contributed by atoms with Gasteiger partial charge in [0.05, 0.1) is 30.2 Å². The van der Waals surface area contributed by atoms with Crippen LogP contribution in [-0.4, -0.2) is 43.2 Å². The largest absolute Gasteiger partial charge is 0.424 e. The van der Waals surface area contributed by atoms with Crippen LogP contribution in [-0.2, 0) is 12.1 Å². The molecule has 0 aliphatic carbocycles. The van der Waals surface area contributed by atoms with Gasteiger partial charge in [0.2, 0.25) is 5.60 Å². The molecule has 1 aliphatic heterocycles. The number of carbonyl (C=O) groups excluding carboxylic acids is 1. The highest BCUT2D eigenvalue weighted by Gasteiger charge is 2.55. The molecule has 0 bridgehead atoms. The van der Waals surface area contributed by atoms with Crippen molar-refractivity contribution in [2.75, 3.05) is 6.54 Å². The smallest absolute Gasteiger partial charge is 0.374 e. The Bertz CT molecular complexity index is 1160. The molecular weight excluding hydrogens is 464 g/mol. The summed E-state index contributed by atoms with van der Waals surface area (Å²) in [6, 6.07) is 8.31. The molecular formula is C22H21ClF4N4O2. The van der Waals surface area contributed by atoms with Gasteiger partial charge in [0, 0.05) is 23.9 Å². The van der Waals surface area contributed by atoms with E-state index in [1.807, 2.05) is 0 Å². The summed E-state index contributed by atoms with van der Waals surface area (Å²) < 4.78 is 54.5. The minimum Gasteiger partial charge on any atom is -0.374 e. The van der Waals surface area contributed by atoms with Crippen LogP contribution < -0.4 is 0 Å². The van der Waals surface area contributed by atoms with E-state index in [9.17, 15) is 27.5 Å². The highest BCUT2D eigenvalue weighted by molar-refractivity contribution is 5.95. The Morgan fingerprint density at radius 1 is 1.15 bits per heavy atom. The molecule has 2 aromatic heterocycles. The summed E-state index contributed by atoms with van der Waals surface area (Å²) in [5.41, 5.74) is -1.23. The molecule has 0 spiro atoms. The number of amides is 1. The van der Waals surface area contributed by atoms with Crippen LogP contribution in [0.25, 0.3) is 11.3 Å². The molecule has 1 aromatic carbocycles. The minimum absolute atomic E-state index is 0. The number of pyridine rings is 1. The molecule has 0 saturated carbocycles. The fraction of sp³-hybridized carbons (Fsp3) is 0.318. The third kappa shape index (κ3) is 4.45. The van der Waals surface area contributed by atoms with Crippen molar-refractivity contribution in [3.8, 4) is 11.3 Å². The van der Waals surface area contributed by atoms with E-state index < -0.39 is 23.6 Å². The molecule has 0 saturated heterocycles. The van der Waals surface area contributed by atoms with Gasteiger partial charge < -0.3 is 14.6 Å². The molecule has 0 fully saturated rings. The van der Waals surface area contributed by atoms with Crippen LogP contribution in [0.5, 0.6) is 0 Å². The van der Waals surface area contributed by atoms with Crippen LogP contribution >= 0.6 is 12.4 Å². The summed E-state index contributed by atoms with van der Waals surface area (Å²) in [5.74, 6) is -1.20. The van der Waals surface area contributed by atoms with Gasteiger partial charge in [-0.1, -0.05) is 0 Å². The first-order valence-corrected chi connectivity index (χ1v) is 9.86. The van der Waals surface area contributed by atoms with Gasteiger partial charge in [-0.15, -0.1) is 12.4 Å². The number of imidazole rings is 1. The van der Waals surface area contributed by atoms with Gasteiger partial charge in [0.1, 0.15) is 5.82 Å². The number of alkyl halides is 3. The number of aliphatic hydroxyl groups is 1. The van der Waals surface area contributed by atoms with Gasteiger partial charge in [-0.2, -0.15) is 13.2 Å². The summed E-state index contributed by atoms with van der Waals surface area (Å²) in [4.78, 5) is 22.7. The Labute approximate surface area is 193 Å². The van der Waals surface area contributed by atoms with Crippen molar-refractivity contribution in [3.05, 3.63) is 71.7 Å². The molecule has 1 amide bonds. The predicted octanol–water partition coefficient (Wildman–Crippen LogP) is 4.49. The number of fused-ring (bicyclic) bond motifs is 1. The normalized spacial score (nSPS) is 17.7. The van der Waals surface area contributed by atoms with E-state index >= 15 is 0 Å². The monoisotopic (exact) mass is 484 g/mol. The van der Waals surface area contributed by atoms with Gasteiger partial charge in [0.25, 0.3) is 5.91 Å². The van der Waals surface area contributed by atoms with Gasteiger partial charge in [-0.3, -0.25) is 9.78 Å². The van der Waals surface area contributed by atoms with E-state index in [-0.39, 0.29) is 37.2 Å². The van der Waals surface area contributed by atoms with Gasteiger partial charge >= 0.3 is 6.18 Å². The summed E-state index contributed by atoms with van der Waals surface area (Å²) >= 11 is 0. The molecule has 2 atom stereocenters. The average Bonchev–Trinajstić information content (AvgIpc) is 3.18. The number of aromatic nitrogens is 3. The lowest BCUT2D eigenvalue weighted by Crippen LogP contribution is -2.45. The van der Waals surface area contributed by atoms with Crippen LogP contribution in [0.3, 0.4) is 0 Å². The standard InChI is InChI=1S/C22H20F4N4O2.ClH/c1-13-11-29(12-17-10-28-20(30(13)17)21(2,32)22(24,25)26)19(31)15-7-8-27-18(9-15)14-3-5-16(23)6-4-14;/h3-10,13,32H,11-12H2,1-2H3;1H. The van der Waals surface area contributed by atoms with E-state index in [1.165, 1.54) is 34.0 Å². The Kier molecular flexibility index (Phi) is 6.54. The highest BCUT2D eigenvalue weighted by Crippen LogP contribution is 2.40. The fourth-order valence-corrected chi connectivity index (χ4v) is 3.83. The lowest BCUT2D eigenvalue weighted by atomic mass is 10.0. The van der Waals surface area contributed by atoms with Crippen molar-refractivity contribution in [3.63, 3.8) is 0 Å². The number of carbonyl (C=O) groups is 1. The van der Waals surface area contributed by atoms with E-state index in [0.717, 1.165) is 0 Å². The van der Waals surface area contributed by atoms with Crippen molar-refractivity contribution >= 4 is 18.3 Å². The van der Waals surface area contributed by atoms with E-state index in [4.69, 9.17) is 0 Å². The molecule has 176 valence electrons. The molecule has 4 rings (SSSR count). The van der Waals surface area contributed by atoms with Crippen LogP contribution in [0, 0.1) is 5.82 Å². The van der Waals surface area contributed by atoms with Crippen LogP contribution in [0.2, 0.25) is 0 Å². The maximum absolute atomic E-state index is 13.3. The van der Waals surface area contributed by atoms with Crippen molar-refractivity contribution < 1.29 is 27.5 Å². The zero-order valence-corrected chi connectivity index (χ0v) is 18.5. The first-order valence-electron chi connectivity index (χ1n) is 9.86. The number of halogens is 5. The maximum Gasteiger partial charge on any atom is 0.424 e. The fourth-order valence-electron chi connectivity index (χ4n) is 3.83. The van der Waals surface area contributed by atoms with Crippen LogP contribution in [0.15, 0.2) is 48.8 Å². The third-order valence-electron chi connectivity index (χ3n) is 5.57. The molecule has 11 heteroatoms. The second-order valence-electron chi connectivity index (χ2n) is 7.98. The van der Waals surface area contributed by atoms with E-state index in [2.05, 4.69) is 9.97 Å². The summed E-state index contributed by atoms with van der Waals surface area (Å²) in [6.07, 6.45) is -2.17. The van der Waals surface area contributed by atoms with Crippen molar-refractivity contribution in [1.82, 2.24) is 19.4 Å². The predicted molar refractivity (Wildman–Crippen MR) is 114 cm³/mol. The third-order valence-corrected chi connectivity index (χ3v) is 5.57. The number of nitrogens with zero attached hydrogens (tertiary/aromatic N) is 4. The molecule has 6 nitrogen and oxygen atoms in total. The number of hydrogen-bond acceptors (Lipinski definition) is 4. The molecule has 0 radical (unpaired) electrons. The van der Waals surface area contributed by atoms with E-state index in [0.29, 0.717) is 29.4 Å². The maximum atomic E-state index is 13.3. The Hall–Kier alpha value is -2.98. The van der Waals surface area contributed by atoms with Crippen molar-refractivity contribution in [2.24, 2.45) is 0 Å². The Morgan fingerprint density at radius 2 is 1.82 bits per heavy atom. The Balaban J connectivity index is 0.00000306. The van der Waals surface area contributed by atoms with Gasteiger partial charge in [0.15, 0.2) is 5.82 Å². The molecule has 2 unspecified atom stereocenters. The second kappa shape index (κ2) is 8.75. The molecule has 3 heterocycles. The lowest BCUT2D eigenvalue weighted by molar-refractivity contribution is -0.263. The molecule has 1 N–H and O–H groups in total. The molecule has 3 aromatic rings. The topological polar surface area (TPSA) is 71.2 Å². The zero-order chi connectivity index (χ0) is 23.3. The van der Waals surface area contributed by atoms with Gasteiger partial charge in [-0.05, 0) is 50.2 Å². The quantitative estimate of drug-likeness (QED) is 0.556. The molecule has 33 heavy (non-hydrogen) atoms. The minimum atomic E-state index is -4.89. The highest BCUT2D eigenvalue weighted by atomic mass is 35.5. The number of benzene rings is 1. The summed E-state index contributed by atoms with van der Waals surface area (Å²) in [5, 5.41) is 10.1. The van der Waals surface area contributed by atoms with Crippen LogP contribution in [0.4, 0.5) is 17.6 Å². The first kappa shape index (κ1) is 24.7. The summed E-state index contributed by atoms with van der Waals surface area (Å²) in [6.45, 7) is 2.51. The van der Waals surface area contributed by atoms with Crippen molar-refractivity contribution in [2.45, 2.75) is 38.2 Å². The first-order chi connectivity index (χ1) is 15.0. The Morgan fingerprint density at radius 3 is 2.45 bits per heavy atom. The molecule has 1 aliphatic rings. The second-order valence-corrected chi connectivity index (χ2v) is 7.98. The number of hydrogen-bond donors (Lipinski definition) is 1. The van der Waals surface area contributed by atoms with Crippen LogP contribution in [0.1, 0.15) is 41.8 Å². The number of rotatable bonds is 3. The average molecular weight is 485 g/mol. The van der Waals surface area contributed by atoms with E-state index in [1.54, 1.807) is 31.2 Å². The zero-order valence-electron chi connectivity index (χ0n) is 17.7. The van der Waals surface area contributed by atoms with Gasteiger partial charge in [-0.25, -0.2) is 9.37 Å². The lowest BCUT2D eigenvalue weighted by Gasteiger charge is -2.36. The van der Waals surface area contributed by atoms with Crippen molar-refractivity contribution in [1.29, 1.82) is 0 Å².